The normalized spacial score (nSPS) is 11.3. The minimum absolute atomic E-state index is 0.0613. The molecule has 0 aliphatic rings. The number of nitrogens with one attached hydrogen (secondary N) is 2. The van der Waals surface area contributed by atoms with Crippen LogP contribution >= 0.6 is 11.6 Å². The van der Waals surface area contributed by atoms with E-state index in [4.69, 9.17) is 11.6 Å². The lowest BCUT2D eigenvalue weighted by molar-refractivity contribution is 0.102. The van der Waals surface area contributed by atoms with Gasteiger partial charge in [0, 0.05) is 11.3 Å². The first-order chi connectivity index (χ1) is 11.9. The highest BCUT2D eigenvalue weighted by molar-refractivity contribution is 7.89. The van der Waals surface area contributed by atoms with Gasteiger partial charge >= 0.3 is 0 Å². The molecule has 0 unspecified atom stereocenters. The second-order valence-corrected chi connectivity index (χ2v) is 7.87. The Bertz CT molecular complexity index is 849. The van der Waals surface area contributed by atoms with E-state index in [0.717, 1.165) is 19.3 Å². The Morgan fingerprint density at radius 3 is 2.40 bits per heavy atom. The number of anilines is 1. The molecule has 7 heteroatoms. The molecule has 134 valence electrons. The van der Waals surface area contributed by atoms with Crippen molar-refractivity contribution in [2.45, 2.75) is 31.1 Å². The summed E-state index contributed by atoms with van der Waals surface area (Å²) < 4.78 is 26.1. The second-order valence-electron chi connectivity index (χ2n) is 5.61. The third kappa shape index (κ3) is 5.04. The molecule has 0 saturated heterocycles. The number of carbonyl (C=O) groups excluding carboxylic acids is 1. The van der Waals surface area contributed by atoms with Gasteiger partial charge in [-0.1, -0.05) is 37.1 Å². The molecule has 0 aliphatic heterocycles. The molecule has 1 amide bonds. The highest BCUT2D eigenvalue weighted by Gasteiger charge is 2.18. The lowest BCUT2D eigenvalue weighted by Gasteiger charge is -2.09. The number of rotatable bonds is 7. The first-order valence-electron chi connectivity index (χ1n) is 8.00. The van der Waals surface area contributed by atoms with Crippen LogP contribution in [-0.4, -0.2) is 21.4 Å². The Kier molecular flexibility index (Phi) is 6.58. The topological polar surface area (TPSA) is 75.3 Å². The van der Waals surface area contributed by atoms with Crippen LogP contribution in [0.25, 0.3) is 0 Å². The number of halogens is 1. The van der Waals surface area contributed by atoms with E-state index in [9.17, 15) is 13.2 Å². The number of hydrogen-bond acceptors (Lipinski definition) is 3. The Morgan fingerprint density at radius 2 is 1.80 bits per heavy atom. The van der Waals surface area contributed by atoms with E-state index in [1.54, 1.807) is 0 Å². The summed E-state index contributed by atoms with van der Waals surface area (Å²) in [5.74, 6) is -0.398. The zero-order valence-electron chi connectivity index (χ0n) is 14.2. The van der Waals surface area contributed by atoms with E-state index in [-0.39, 0.29) is 15.5 Å². The van der Waals surface area contributed by atoms with Gasteiger partial charge in [0.15, 0.2) is 0 Å². The minimum atomic E-state index is -3.73. The van der Waals surface area contributed by atoms with Gasteiger partial charge in [-0.3, -0.25) is 4.79 Å². The molecule has 0 saturated carbocycles. The first kappa shape index (κ1) is 19.4. The van der Waals surface area contributed by atoms with Crippen LogP contribution in [0.15, 0.2) is 47.4 Å². The van der Waals surface area contributed by atoms with Gasteiger partial charge < -0.3 is 5.32 Å². The molecular formula is C18H21ClN2O3S. The summed E-state index contributed by atoms with van der Waals surface area (Å²) in [6.07, 6.45) is 3.26. The van der Waals surface area contributed by atoms with Crippen molar-refractivity contribution in [3.8, 4) is 0 Å². The lowest BCUT2D eigenvalue weighted by atomic mass is 10.1. The van der Waals surface area contributed by atoms with Gasteiger partial charge in [-0.25, -0.2) is 13.1 Å². The molecule has 0 aromatic heterocycles. The zero-order valence-corrected chi connectivity index (χ0v) is 15.7. The maximum Gasteiger partial charge on any atom is 0.255 e. The van der Waals surface area contributed by atoms with Crippen molar-refractivity contribution in [2.75, 3.05) is 12.4 Å². The van der Waals surface area contributed by atoms with Gasteiger partial charge in [0.1, 0.15) is 4.90 Å². The number of unbranched alkanes of at least 4 members (excludes halogenated alkanes) is 1. The largest absolute Gasteiger partial charge is 0.322 e. The predicted molar refractivity (Wildman–Crippen MR) is 101 cm³/mol. The summed E-state index contributed by atoms with van der Waals surface area (Å²) in [6.45, 7) is 2.14. The van der Waals surface area contributed by atoms with E-state index in [1.807, 2.05) is 24.3 Å². The number of sulfonamides is 1. The van der Waals surface area contributed by atoms with E-state index < -0.39 is 15.9 Å². The molecule has 0 spiro atoms. The van der Waals surface area contributed by atoms with Crippen LogP contribution < -0.4 is 10.0 Å². The predicted octanol–water partition coefficient (Wildman–Crippen LogP) is 3.84. The average Bonchev–Trinajstić information content (AvgIpc) is 2.61. The number of aryl methyl sites for hydroxylation is 1. The fourth-order valence-electron chi connectivity index (χ4n) is 2.30. The standard InChI is InChI=1S/C18H21ClN2O3S/c1-3-4-5-13-6-9-15(10-7-13)21-18(22)14-8-11-16(19)17(12-14)25(23,24)20-2/h6-12,20H,3-5H2,1-2H3,(H,21,22). The van der Waals surface area contributed by atoms with Gasteiger partial charge in [0.25, 0.3) is 5.91 Å². The molecule has 0 bridgehead atoms. The zero-order chi connectivity index (χ0) is 18.4. The molecule has 25 heavy (non-hydrogen) atoms. The summed E-state index contributed by atoms with van der Waals surface area (Å²) in [6, 6.07) is 11.8. The molecule has 0 fully saturated rings. The molecule has 2 aromatic carbocycles. The van der Waals surface area contributed by atoms with Crippen molar-refractivity contribution < 1.29 is 13.2 Å². The molecule has 2 rings (SSSR count). The maximum absolute atomic E-state index is 12.4. The summed E-state index contributed by atoms with van der Waals surface area (Å²) in [7, 11) is -2.44. The summed E-state index contributed by atoms with van der Waals surface area (Å²) >= 11 is 5.93. The molecule has 0 radical (unpaired) electrons. The summed E-state index contributed by atoms with van der Waals surface area (Å²) in [5.41, 5.74) is 2.08. The van der Waals surface area contributed by atoms with Gasteiger partial charge in [0.2, 0.25) is 10.0 Å². The van der Waals surface area contributed by atoms with Crippen molar-refractivity contribution in [1.82, 2.24) is 4.72 Å². The number of amides is 1. The van der Waals surface area contributed by atoms with Crippen LogP contribution in [0.2, 0.25) is 5.02 Å². The molecule has 0 heterocycles. The van der Waals surface area contributed by atoms with Crippen molar-refractivity contribution in [2.24, 2.45) is 0 Å². The van der Waals surface area contributed by atoms with Gasteiger partial charge in [-0.15, -0.1) is 0 Å². The number of hydrogen-bond donors (Lipinski definition) is 2. The SMILES string of the molecule is CCCCc1ccc(NC(=O)c2ccc(Cl)c(S(=O)(=O)NC)c2)cc1. The molecule has 2 aromatic rings. The van der Waals surface area contributed by atoms with Crippen LogP contribution in [0.5, 0.6) is 0 Å². The highest BCUT2D eigenvalue weighted by atomic mass is 35.5. The van der Waals surface area contributed by atoms with Crippen LogP contribution in [0.1, 0.15) is 35.7 Å². The second kappa shape index (κ2) is 8.47. The third-order valence-electron chi connectivity index (χ3n) is 3.78. The third-order valence-corrected chi connectivity index (χ3v) is 5.68. The molecule has 0 atom stereocenters. The van der Waals surface area contributed by atoms with Crippen molar-refractivity contribution >= 4 is 33.2 Å². The van der Waals surface area contributed by atoms with Crippen molar-refractivity contribution in [3.63, 3.8) is 0 Å². The summed E-state index contributed by atoms with van der Waals surface area (Å²) in [5, 5.41) is 2.82. The molecular weight excluding hydrogens is 360 g/mol. The average molecular weight is 381 g/mol. The van der Waals surface area contributed by atoms with Crippen LogP contribution in [0.4, 0.5) is 5.69 Å². The van der Waals surface area contributed by atoms with Crippen molar-refractivity contribution in [3.05, 3.63) is 58.6 Å². The van der Waals surface area contributed by atoms with Crippen LogP contribution in [0, 0.1) is 0 Å². The number of carbonyl (C=O) groups is 1. The van der Waals surface area contributed by atoms with Crippen molar-refractivity contribution in [1.29, 1.82) is 0 Å². The lowest BCUT2D eigenvalue weighted by Crippen LogP contribution is -2.20. The van der Waals surface area contributed by atoms with Crippen LogP contribution in [0.3, 0.4) is 0 Å². The Morgan fingerprint density at radius 1 is 1.12 bits per heavy atom. The molecule has 2 N–H and O–H groups in total. The minimum Gasteiger partial charge on any atom is -0.322 e. The fraction of sp³-hybridized carbons (Fsp3) is 0.278. The Balaban J connectivity index is 2.17. The quantitative estimate of drug-likeness (QED) is 0.766. The monoisotopic (exact) mass is 380 g/mol. The van der Waals surface area contributed by atoms with Crippen LogP contribution in [-0.2, 0) is 16.4 Å². The smallest absolute Gasteiger partial charge is 0.255 e. The van der Waals surface area contributed by atoms with Gasteiger partial charge in [-0.2, -0.15) is 0 Å². The molecule has 5 nitrogen and oxygen atoms in total. The Labute approximate surface area is 153 Å². The van der Waals surface area contributed by atoms with E-state index in [2.05, 4.69) is 17.0 Å². The summed E-state index contributed by atoms with van der Waals surface area (Å²) in [4.78, 5) is 12.3. The number of benzene rings is 2. The fourth-order valence-corrected chi connectivity index (χ4v) is 3.55. The highest BCUT2D eigenvalue weighted by Crippen LogP contribution is 2.23. The van der Waals surface area contributed by atoms with E-state index in [0.29, 0.717) is 5.69 Å². The van der Waals surface area contributed by atoms with Gasteiger partial charge in [-0.05, 0) is 55.8 Å². The van der Waals surface area contributed by atoms with E-state index >= 15 is 0 Å². The first-order valence-corrected chi connectivity index (χ1v) is 9.87. The molecule has 0 aliphatic carbocycles. The maximum atomic E-state index is 12.4. The Hall–Kier alpha value is -1.89. The van der Waals surface area contributed by atoms with Gasteiger partial charge in [0.05, 0.1) is 5.02 Å². The van der Waals surface area contributed by atoms with E-state index in [1.165, 1.54) is 30.8 Å².